The first-order valence-electron chi connectivity index (χ1n) is 9.21. The maximum Gasteiger partial charge on any atom is 0.339 e. The zero-order valence-electron chi connectivity index (χ0n) is 16.2. The number of para-hydroxylation sites is 1. The van der Waals surface area contributed by atoms with Crippen molar-refractivity contribution in [3.8, 4) is 0 Å². The van der Waals surface area contributed by atoms with Gasteiger partial charge in [-0.05, 0) is 38.3 Å². The van der Waals surface area contributed by atoms with Crippen LogP contribution in [0.3, 0.4) is 0 Å². The van der Waals surface area contributed by atoms with Crippen molar-refractivity contribution in [1.29, 1.82) is 0 Å². The third-order valence-electron chi connectivity index (χ3n) is 5.05. The Bertz CT molecular complexity index is 1050. The highest BCUT2D eigenvalue weighted by molar-refractivity contribution is 7.91. The molecule has 0 bridgehead atoms. The number of amides is 1. The third kappa shape index (κ3) is 4.16. The molecular formula is C20H24N2O5S. The molecule has 1 saturated heterocycles. The average molecular weight is 404 g/mol. The molecule has 1 aromatic heterocycles. The number of carbonyl (C=O) groups excluding carboxylic acids is 2. The van der Waals surface area contributed by atoms with Crippen molar-refractivity contribution < 1.29 is 22.7 Å². The maximum absolute atomic E-state index is 12.7. The number of nitrogens with zero attached hydrogens (tertiary/aromatic N) is 1. The molecule has 1 N–H and O–H groups in total. The molecule has 0 aliphatic carbocycles. The third-order valence-corrected chi connectivity index (χ3v) is 6.96. The molecule has 0 spiro atoms. The first-order valence-corrected chi connectivity index (χ1v) is 11.0. The van der Waals surface area contributed by atoms with E-state index in [-0.39, 0.29) is 11.5 Å². The molecule has 150 valence electrons. The standard InChI is InChI=1S/C20H24N2O5S/c1-4-15-13(2)18(14-7-5-6-8-16(14)21-15)19(24)27-11-17(23)22-20(3)9-10-28(25,26)12-20/h5-8H,4,9-12H2,1-3H3,(H,22,23)/t20-/m0/s1. The van der Waals surface area contributed by atoms with Crippen LogP contribution in [0, 0.1) is 6.92 Å². The second kappa shape index (κ2) is 7.50. The molecule has 1 atom stereocenters. The van der Waals surface area contributed by atoms with E-state index in [2.05, 4.69) is 10.3 Å². The van der Waals surface area contributed by atoms with Crippen molar-refractivity contribution in [1.82, 2.24) is 10.3 Å². The van der Waals surface area contributed by atoms with Gasteiger partial charge in [0.05, 0.1) is 28.1 Å². The van der Waals surface area contributed by atoms with Crippen LogP contribution in [0.1, 0.15) is 41.9 Å². The summed E-state index contributed by atoms with van der Waals surface area (Å²) < 4.78 is 28.6. The Morgan fingerprint density at radius 2 is 2.00 bits per heavy atom. The molecule has 1 aliphatic heterocycles. The molecule has 2 aromatic rings. The molecule has 7 nitrogen and oxygen atoms in total. The number of aryl methyl sites for hydroxylation is 1. The first-order chi connectivity index (χ1) is 13.1. The lowest BCUT2D eigenvalue weighted by molar-refractivity contribution is -0.125. The number of ether oxygens (including phenoxy) is 1. The highest BCUT2D eigenvalue weighted by Gasteiger charge is 2.39. The minimum atomic E-state index is -3.14. The van der Waals surface area contributed by atoms with Gasteiger partial charge in [0.15, 0.2) is 16.4 Å². The normalized spacial score (nSPS) is 20.8. The van der Waals surface area contributed by atoms with Gasteiger partial charge in [0, 0.05) is 11.1 Å². The summed E-state index contributed by atoms with van der Waals surface area (Å²) in [6, 6.07) is 7.30. The molecule has 1 amide bonds. The molecule has 0 radical (unpaired) electrons. The fraction of sp³-hybridized carbons (Fsp3) is 0.450. The van der Waals surface area contributed by atoms with Crippen molar-refractivity contribution >= 4 is 32.6 Å². The Balaban J connectivity index is 1.75. The van der Waals surface area contributed by atoms with Crippen molar-refractivity contribution in [3.05, 3.63) is 41.1 Å². The number of rotatable bonds is 5. The largest absolute Gasteiger partial charge is 0.452 e. The first kappa shape index (κ1) is 20.3. The Labute approximate surface area is 164 Å². The Hall–Kier alpha value is -2.48. The molecule has 1 aliphatic rings. The predicted octanol–water partition coefficient (Wildman–Crippen LogP) is 1.96. The number of fused-ring (bicyclic) bond motifs is 1. The highest BCUT2D eigenvalue weighted by Crippen LogP contribution is 2.25. The summed E-state index contributed by atoms with van der Waals surface area (Å²) in [5.74, 6) is -1.16. The van der Waals surface area contributed by atoms with E-state index in [9.17, 15) is 18.0 Å². The van der Waals surface area contributed by atoms with Crippen LogP contribution < -0.4 is 5.32 Å². The van der Waals surface area contributed by atoms with Gasteiger partial charge < -0.3 is 10.1 Å². The minimum Gasteiger partial charge on any atom is -0.452 e. The van der Waals surface area contributed by atoms with Crippen molar-refractivity contribution in [3.63, 3.8) is 0 Å². The quantitative estimate of drug-likeness (QED) is 0.764. The van der Waals surface area contributed by atoms with Gasteiger partial charge >= 0.3 is 5.97 Å². The van der Waals surface area contributed by atoms with Crippen LogP contribution in [-0.2, 0) is 25.8 Å². The van der Waals surface area contributed by atoms with Crippen LogP contribution in [0.4, 0.5) is 0 Å². The second-order valence-corrected chi connectivity index (χ2v) is 9.64. The van der Waals surface area contributed by atoms with Crippen LogP contribution >= 0.6 is 0 Å². The zero-order chi connectivity index (χ0) is 20.5. The maximum atomic E-state index is 12.7. The van der Waals surface area contributed by atoms with E-state index in [4.69, 9.17) is 4.74 Å². The van der Waals surface area contributed by atoms with Gasteiger partial charge in [-0.3, -0.25) is 9.78 Å². The number of carbonyl (C=O) groups is 2. The van der Waals surface area contributed by atoms with Gasteiger partial charge in [-0.15, -0.1) is 0 Å². The van der Waals surface area contributed by atoms with Crippen LogP contribution in [0.25, 0.3) is 10.9 Å². The summed E-state index contributed by atoms with van der Waals surface area (Å²) in [5.41, 5.74) is 1.82. The van der Waals surface area contributed by atoms with E-state index in [1.54, 1.807) is 13.0 Å². The smallest absolute Gasteiger partial charge is 0.339 e. The summed E-state index contributed by atoms with van der Waals surface area (Å²) >= 11 is 0. The number of nitrogens with one attached hydrogen (secondary N) is 1. The van der Waals surface area contributed by atoms with Crippen molar-refractivity contribution in [2.45, 2.75) is 39.2 Å². The topological polar surface area (TPSA) is 102 Å². The lowest BCUT2D eigenvalue weighted by atomic mass is 10.0. The lowest BCUT2D eigenvalue weighted by Gasteiger charge is -2.23. The van der Waals surface area contributed by atoms with E-state index in [0.717, 1.165) is 11.3 Å². The van der Waals surface area contributed by atoms with Gasteiger partial charge in [-0.2, -0.15) is 0 Å². The molecular weight excluding hydrogens is 380 g/mol. The van der Waals surface area contributed by atoms with Crippen LogP contribution in [0.5, 0.6) is 0 Å². The molecule has 2 heterocycles. The number of esters is 1. The number of hydrogen-bond acceptors (Lipinski definition) is 6. The minimum absolute atomic E-state index is 0.0472. The van der Waals surface area contributed by atoms with Gasteiger partial charge in [0.25, 0.3) is 5.91 Å². The van der Waals surface area contributed by atoms with Crippen molar-refractivity contribution in [2.75, 3.05) is 18.1 Å². The molecule has 1 aromatic carbocycles. The second-order valence-electron chi connectivity index (χ2n) is 7.46. The van der Waals surface area contributed by atoms with E-state index in [1.165, 1.54) is 0 Å². The molecule has 3 rings (SSSR count). The number of pyridine rings is 1. The van der Waals surface area contributed by atoms with E-state index < -0.39 is 33.9 Å². The van der Waals surface area contributed by atoms with E-state index in [0.29, 0.717) is 29.3 Å². The van der Waals surface area contributed by atoms with E-state index in [1.807, 2.05) is 32.0 Å². The lowest BCUT2D eigenvalue weighted by Crippen LogP contribution is -2.48. The molecule has 0 saturated carbocycles. The highest BCUT2D eigenvalue weighted by atomic mass is 32.2. The number of benzene rings is 1. The number of hydrogen-bond donors (Lipinski definition) is 1. The molecule has 28 heavy (non-hydrogen) atoms. The Morgan fingerprint density at radius 1 is 1.29 bits per heavy atom. The Morgan fingerprint density at radius 3 is 2.64 bits per heavy atom. The number of sulfone groups is 1. The van der Waals surface area contributed by atoms with Crippen LogP contribution in [0.15, 0.2) is 24.3 Å². The monoisotopic (exact) mass is 404 g/mol. The van der Waals surface area contributed by atoms with Gasteiger partial charge in [0.1, 0.15) is 0 Å². The van der Waals surface area contributed by atoms with E-state index >= 15 is 0 Å². The fourth-order valence-corrected chi connectivity index (χ4v) is 5.74. The van der Waals surface area contributed by atoms with Gasteiger partial charge in [0.2, 0.25) is 0 Å². The van der Waals surface area contributed by atoms with Crippen LogP contribution in [0.2, 0.25) is 0 Å². The zero-order valence-corrected chi connectivity index (χ0v) is 17.1. The van der Waals surface area contributed by atoms with Crippen molar-refractivity contribution in [2.24, 2.45) is 0 Å². The van der Waals surface area contributed by atoms with Gasteiger partial charge in [-0.25, -0.2) is 13.2 Å². The van der Waals surface area contributed by atoms with Crippen LogP contribution in [-0.4, -0.2) is 48.9 Å². The van der Waals surface area contributed by atoms with Gasteiger partial charge in [-0.1, -0.05) is 25.1 Å². The predicted molar refractivity (Wildman–Crippen MR) is 106 cm³/mol. The average Bonchev–Trinajstić information content (AvgIpc) is 2.91. The molecule has 0 unspecified atom stereocenters. The summed E-state index contributed by atoms with van der Waals surface area (Å²) in [6.45, 7) is 5.00. The summed E-state index contributed by atoms with van der Waals surface area (Å²) in [4.78, 5) is 29.6. The molecule has 8 heteroatoms. The summed E-state index contributed by atoms with van der Waals surface area (Å²) in [6.07, 6.45) is 1.02. The SMILES string of the molecule is CCc1nc2ccccc2c(C(=O)OCC(=O)N[C@@]2(C)CCS(=O)(=O)C2)c1C. The Kier molecular flexibility index (Phi) is 5.43. The fourth-order valence-electron chi connectivity index (χ4n) is 3.65. The summed E-state index contributed by atoms with van der Waals surface area (Å²) in [5, 5.41) is 3.36. The summed E-state index contributed by atoms with van der Waals surface area (Å²) in [7, 11) is -3.14. The number of aromatic nitrogens is 1. The molecule has 1 fully saturated rings.